The highest BCUT2D eigenvalue weighted by molar-refractivity contribution is 7.99. The van der Waals surface area contributed by atoms with E-state index in [1.807, 2.05) is 36.4 Å². The zero-order valence-electron chi connectivity index (χ0n) is 17.0. The summed E-state index contributed by atoms with van der Waals surface area (Å²) < 4.78 is 11.3. The number of carbonyl (C=O) groups is 1. The Bertz CT molecular complexity index is 1020. The van der Waals surface area contributed by atoms with Gasteiger partial charge in [0.05, 0.1) is 37.4 Å². The van der Waals surface area contributed by atoms with E-state index in [4.69, 9.17) is 19.4 Å². The Hall–Kier alpha value is -2.48. The molecule has 3 aromatic rings. The van der Waals surface area contributed by atoms with Gasteiger partial charge < -0.3 is 9.47 Å². The molecule has 1 saturated heterocycles. The molecule has 30 heavy (non-hydrogen) atoms. The Balaban J connectivity index is 1.44. The van der Waals surface area contributed by atoms with Crippen molar-refractivity contribution >= 4 is 28.4 Å². The van der Waals surface area contributed by atoms with Gasteiger partial charge in [0.25, 0.3) is 0 Å². The third-order valence-electron chi connectivity index (χ3n) is 4.93. The van der Waals surface area contributed by atoms with Crippen LogP contribution in [-0.2, 0) is 11.3 Å². The van der Waals surface area contributed by atoms with E-state index >= 15 is 0 Å². The molecule has 0 bridgehead atoms. The molecule has 0 amide bonds. The summed E-state index contributed by atoms with van der Waals surface area (Å²) in [5.41, 5.74) is 1.57. The summed E-state index contributed by atoms with van der Waals surface area (Å²) in [6, 6.07) is 15.5. The van der Waals surface area contributed by atoms with Crippen molar-refractivity contribution in [3.05, 3.63) is 59.9 Å². The van der Waals surface area contributed by atoms with Crippen LogP contribution in [0.25, 0.3) is 10.9 Å². The zero-order chi connectivity index (χ0) is 20.8. The molecule has 1 aromatic heterocycles. The highest BCUT2D eigenvalue weighted by Gasteiger charge is 2.15. The van der Waals surface area contributed by atoms with Crippen LogP contribution in [0.1, 0.15) is 23.1 Å². The van der Waals surface area contributed by atoms with Crippen molar-refractivity contribution in [3.63, 3.8) is 0 Å². The van der Waals surface area contributed by atoms with Crippen molar-refractivity contribution in [2.75, 3.05) is 38.7 Å². The molecule has 1 aliphatic heterocycles. The molecule has 2 heterocycles. The van der Waals surface area contributed by atoms with Gasteiger partial charge in [-0.3, -0.25) is 9.69 Å². The minimum atomic E-state index is 0.00722. The molecule has 1 aliphatic rings. The fourth-order valence-electron chi connectivity index (χ4n) is 3.41. The third kappa shape index (κ3) is 5.16. The molecule has 156 valence electrons. The average molecular weight is 424 g/mol. The first-order valence-electron chi connectivity index (χ1n) is 10.1. The predicted molar refractivity (Wildman–Crippen MR) is 118 cm³/mol. The van der Waals surface area contributed by atoms with Gasteiger partial charge in [0.1, 0.15) is 16.6 Å². The van der Waals surface area contributed by atoms with Crippen LogP contribution in [0.3, 0.4) is 0 Å². The topological polar surface area (TPSA) is 64.5 Å². The minimum Gasteiger partial charge on any atom is -0.492 e. The molecule has 4 rings (SSSR count). The molecular formula is C23H25N3O3S. The number of carbonyl (C=O) groups excluding carboxylic acids is 1. The van der Waals surface area contributed by atoms with Gasteiger partial charge in [0.15, 0.2) is 5.78 Å². The fraction of sp³-hybridized carbons (Fsp3) is 0.348. The van der Waals surface area contributed by atoms with Crippen LogP contribution < -0.4 is 4.74 Å². The van der Waals surface area contributed by atoms with Crippen molar-refractivity contribution in [1.82, 2.24) is 14.9 Å². The number of morpholine rings is 1. The van der Waals surface area contributed by atoms with E-state index in [-0.39, 0.29) is 5.78 Å². The molecule has 1 fully saturated rings. The molecule has 0 unspecified atom stereocenters. The monoisotopic (exact) mass is 423 g/mol. The Morgan fingerprint density at radius 2 is 1.87 bits per heavy atom. The summed E-state index contributed by atoms with van der Waals surface area (Å²) in [7, 11) is 0. The largest absolute Gasteiger partial charge is 0.492 e. The molecule has 2 aromatic carbocycles. The maximum atomic E-state index is 11.8. The second-order valence-corrected chi connectivity index (χ2v) is 8.18. The van der Waals surface area contributed by atoms with Crippen molar-refractivity contribution < 1.29 is 14.3 Å². The van der Waals surface area contributed by atoms with Crippen molar-refractivity contribution in [3.8, 4) is 5.75 Å². The number of hydrogen-bond acceptors (Lipinski definition) is 7. The molecular weight excluding hydrogens is 398 g/mol. The summed E-state index contributed by atoms with van der Waals surface area (Å²) >= 11 is 1.66. The second-order valence-electron chi connectivity index (χ2n) is 7.10. The fourth-order valence-corrected chi connectivity index (χ4v) is 4.26. The van der Waals surface area contributed by atoms with E-state index in [1.54, 1.807) is 24.8 Å². The van der Waals surface area contributed by atoms with Crippen molar-refractivity contribution in [2.24, 2.45) is 0 Å². The number of benzene rings is 2. The highest BCUT2D eigenvalue weighted by Crippen LogP contribution is 2.26. The molecule has 0 saturated carbocycles. The summed E-state index contributed by atoms with van der Waals surface area (Å²) in [4.78, 5) is 23.7. The van der Waals surface area contributed by atoms with Gasteiger partial charge in [-0.15, -0.1) is 11.8 Å². The molecule has 0 aliphatic carbocycles. The minimum absolute atomic E-state index is 0.00722. The lowest BCUT2D eigenvalue weighted by Gasteiger charge is -2.25. The Labute approximate surface area is 180 Å². The smallest absolute Gasteiger partial charge is 0.163 e. The quantitative estimate of drug-likeness (QED) is 0.236. The summed E-state index contributed by atoms with van der Waals surface area (Å²) in [5, 5.41) is 2.02. The van der Waals surface area contributed by atoms with E-state index in [0.29, 0.717) is 17.9 Å². The summed E-state index contributed by atoms with van der Waals surface area (Å²) in [5.74, 6) is 2.20. The normalized spacial score (nSPS) is 14.7. The second kappa shape index (κ2) is 10.0. The first-order chi connectivity index (χ1) is 14.7. The van der Waals surface area contributed by atoms with Gasteiger partial charge in [0, 0.05) is 24.2 Å². The third-order valence-corrected chi connectivity index (χ3v) is 5.88. The Morgan fingerprint density at radius 1 is 1.10 bits per heavy atom. The zero-order valence-corrected chi connectivity index (χ0v) is 17.9. The molecule has 7 heteroatoms. The average Bonchev–Trinajstić information content (AvgIpc) is 2.77. The standard InChI is InChI=1S/C23H25N3O3S/c1-17(27)18-6-3-5-9-21(18)29-14-15-30-23-19-7-2-4-8-20(19)24-22(25-23)16-26-10-12-28-13-11-26/h2-9H,10-16H2,1H3. The van der Waals surface area contributed by atoms with Gasteiger partial charge >= 0.3 is 0 Å². The molecule has 0 radical (unpaired) electrons. The predicted octanol–water partition coefficient (Wildman–Crippen LogP) is 3.84. The molecule has 0 N–H and O–H groups in total. The lowest BCUT2D eigenvalue weighted by atomic mass is 10.1. The lowest BCUT2D eigenvalue weighted by molar-refractivity contribution is 0.0330. The molecule has 0 spiro atoms. The van der Waals surface area contributed by atoms with Crippen LogP contribution in [0.5, 0.6) is 5.75 Å². The van der Waals surface area contributed by atoms with Crippen LogP contribution in [0.15, 0.2) is 53.6 Å². The van der Waals surface area contributed by atoms with Gasteiger partial charge in [-0.2, -0.15) is 0 Å². The SMILES string of the molecule is CC(=O)c1ccccc1OCCSc1nc(CN2CCOCC2)nc2ccccc12. The Kier molecular flexibility index (Phi) is 6.94. The van der Waals surface area contributed by atoms with E-state index in [9.17, 15) is 4.79 Å². The number of hydrogen-bond donors (Lipinski definition) is 0. The number of aromatic nitrogens is 2. The molecule has 0 atom stereocenters. The van der Waals surface area contributed by atoms with Crippen LogP contribution in [0.4, 0.5) is 0 Å². The van der Waals surface area contributed by atoms with Gasteiger partial charge in [0.2, 0.25) is 0 Å². The molecule has 6 nitrogen and oxygen atoms in total. The maximum Gasteiger partial charge on any atom is 0.163 e. The van der Waals surface area contributed by atoms with Crippen LogP contribution >= 0.6 is 11.8 Å². The van der Waals surface area contributed by atoms with Crippen molar-refractivity contribution in [1.29, 1.82) is 0 Å². The number of fused-ring (bicyclic) bond motifs is 1. The summed E-state index contributed by atoms with van der Waals surface area (Å²) in [6.45, 7) is 6.10. The van der Waals surface area contributed by atoms with Gasteiger partial charge in [-0.1, -0.05) is 30.3 Å². The highest BCUT2D eigenvalue weighted by atomic mass is 32.2. The van der Waals surface area contributed by atoms with Crippen LogP contribution in [0.2, 0.25) is 0 Å². The Morgan fingerprint density at radius 3 is 2.70 bits per heavy atom. The van der Waals surface area contributed by atoms with E-state index < -0.39 is 0 Å². The van der Waals surface area contributed by atoms with E-state index in [1.165, 1.54) is 0 Å². The van der Waals surface area contributed by atoms with Crippen LogP contribution in [-0.4, -0.2) is 59.3 Å². The van der Waals surface area contributed by atoms with E-state index in [2.05, 4.69) is 11.0 Å². The first kappa shape index (κ1) is 20.8. The first-order valence-corrected chi connectivity index (χ1v) is 11.1. The number of thioether (sulfide) groups is 1. The number of nitrogens with zero attached hydrogens (tertiary/aromatic N) is 3. The van der Waals surface area contributed by atoms with Crippen LogP contribution in [0, 0.1) is 0 Å². The van der Waals surface area contributed by atoms with Crippen molar-refractivity contribution in [2.45, 2.75) is 18.5 Å². The summed E-state index contributed by atoms with van der Waals surface area (Å²) in [6.07, 6.45) is 0. The number of ether oxygens (including phenoxy) is 2. The van der Waals surface area contributed by atoms with Gasteiger partial charge in [-0.25, -0.2) is 9.97 Å². The lowest BCUT2D eigenvalue weighted by Crippen LogP contribution is -2.36. The van der Waals surface area contributed by atoms with E-state index in [0.717, 1.165) is 60.4 Å². The number of para-hydroxylation sites is 2. The maximum absolute atomic E-state index is 11.8. The number of Topliss-reactive ketones (excluding diaryl/α,β-unsaturated/α-hetero) is 1. The number of ketones is 1. The van der Waals surface area contributed by atoms with Gasteiger partial charge in [-0.05, 0) is 25.1 Å². The number of rotatable bonds is 8.